The van der Waals surface area contributed by atoms with Crippen molar-refractivity contribution >= 4 is 5.95 Å². The first kappa shape index (κ1) is 13.8. The second-order valence-electron chi connectivity index (χ2n) is 5.40. The number of H-pyrrole nitrogens is 2. The molecule has 0 saturated carbocycles. The first-order valence-corrected chi connectivity index (χ1v) is 7.28. The second kappa shape index (κ2) is 6.09. The van der Waals surface area contributed by atoms with Crippen molar-refractivity contribution in [1.29, 1.82) is 0 Å². The van der Waals surface area contributed by atoms with Gasteiger partial charge in [-0.3, -0.25) is 9.89 Å². The van der Waals surface area contributed by atoms with E-state index in [2.05, 4.69) is 30.4 Å². The van der Waals surface area contributed by atoms with Gasteiger partial charge in [0.15, 0.2) is 5.82 Å². The number of aromatic nitrogens is 4. The maximum absolute atomic E-state index is 11.3. The quantitative estimate of drug-likeness (QED) is 0.766. The van der Waals surface area contributed by atoms with Crippen molar-refractivity contribution in [2.75, 3.05) is 31.6 Å². The molecule has 1 fully saturated rings. The van der Waals surface area contributed by atoms with Crippen LogP contribution in [0.25, 0.3) is 11.5 Å². The molecule has 1 aliphatic heterocycles. The van der Waals surface area contributed by atoms with E-state index in [1.807, 2.05) is 13.1 Å². The highest BCUT2D eigenvalue weighted by molar-refractivity contribution is 5.50. The van der Waals surface area contributed by atoms with Crippen LogP contribution in [0.2, 0.25) is 0 Å². The average Bonchev–Trinajstić information content (AvgIpc) is 2.98. The molecular formula is C14H20N6O. The molecule has 2 aromatic rings. The highest BCUT2D eigenvalue weighted by atomic mass is 16.1. The number of hydrogen-bond acceptors (Lipinski definition) is 5. The van der Waals surface area contributed by atoms with Crippen molar-refractivity contribution in [2.24, 2.45) is 5.92 Å². The third-order valence-corrected chi connectivity index (χ3v) is 3.89. The van der Waals surface area contributed by atoms with E-state index in [1.54, 1.807) is 6.07 Å². The van der Waals surface area contributed by atoms with Crippen LogP contribution < -0.4 is 15.8 Å². The number of hydrogen-bond donors (Lipinski definition) is 3. The molecule has 0 aromatic carbocycles. The molecule has 3 N–H and O–H groups in total. The summed E-state index contributed by atoms with van der Waals surface area (Å²) in [5.74, 6) is 2.03. The van der Waals surface area contributed by atoms with E-state index in [0.717, 1.165) is 38.4 Å². The molecule has 0 aliphatic carbocycles. The van der Waals surface area contributed by atoms with Gasteiger partial charge in [0.25, 0.3) is 0 Å². The van der Waals surface area contributed by atoms with E-state index in [0.29, 0.717) is 17.5 Å². The molecule has 1 aliphatic rings. The normalized spacial score (nSPS) is 16.3. The Kier molecular flexibility index (Phi) is 4.01. The molecule has 7 heteroatoms. The third-order valence-electron chi connectivity index (χ3n) is 3.89. The van der Waals surface area contributed by atoms with E-state index in [-0.39, 0.29) is 5.56 Å². The monoisotopic (exact) mass is 288 g/mol. The minimum absolute atomic E-state index is 0.140. The van der Waals surface area contributed by atoms with Crippen LogP contribution in [0.1, 0.15) is 12.8 Å². The summed E-state index contributed by atoms with van der Waals surface area (Å²) >= 11 is 0. The van der Waals surface area contributed by atoms with E-state index >= 15 is 0 Å². The van der Waals surface area contributed by atoms with Gasteiger partial charge < -0.3 is 15.2 Å². The fourth-order valence-electron chi connectivity index (χ4n) is 2.73. The van der Waals surface area contributed by atoms with E-state index in [9.17, 15) is 4.79 Å². The Morgan fingerprint density at radius 1 is 1.38 bits per heavy atom. The molecule has 1 saturated heterocycles. The lowest BCUT2D eigenvalue weighted by Gasteiger charge is -2.30. The van der Waals surface area contributed by atoms with Gasteiger partial charge in [-0.1, -0.05) is 6.07 Å². The van der Waals surface area contributed by atoms with Crippen LogP contribution in [0.4, 0.5) is 5.95 Å². The van der Waals surface area contributed by atoms with Crippen LogP contribution in [0, 0.1) is 5.92 Å². The average molecular weight is 288 g/mol. The zero-order valence-electron chi connectivity index (χ0n) is 12.1. The first-order chi connectivity index (χ1) is 10.3. The minimum Gasteiger partial charge on any atom is -0.340 e. The van der Waals surface area contributed by atoms with Crippen LogP contribution in [0.3, 0.4) is 0 Å². The zero-order valence-corrected chi connectivity index (χ0v) is 12.1. The van der Waals surface area contributed by atoms with Gasteiger partial charge in [0.2, 0.25) is 11.5 Å². The number of pyridine rings is 1. The summed E-state index contributed by atoms with van der Waals surface area (Å²) in [6.45, 7) is 3.00. The molecule has 0 spiro atoms. The predicted octanol–water partition coefficient (Wildman–Crippen LogP) is 0.596. The van der Waals surface area contributed by atoms with Crippen molar-refractivity contribution in [2.45, 2.75) is 12.8 Å². The van der Waals surface area contributed by atoms with Gasteiger partial charge in [0.05, 0.1) is 5.69 Å². The van der Waals surface area contributed by atoms with Gasteiger partial charge in [-0.15, -0.1) is 5.10 Å². The summed E-state index contributed by atoms with van der Waals surface area (Å²) < 4.78 is 0. The van der Waals surface area contributed by atoms with Gasteiger partial charge in [0.1, 0.15) is 0 Å². The van der Waals surface area contributed by atoms with Gasteiger partial charge in [-0.25, -0.2) is 0 Å². The van der Waals surface area contributed by atoms with Gasteiger partial charge in [-0.05, 0) is 38.4 Å². The molecule has 3 heterocycles. The second-order valence-corrected chi connectivity index (χ2v) is 5.40. The van der Waals surface area contributed by atoms with Crippen molar-refractivity contribution in [1.82, 2.24) is 25.5 Å². The lowest BCUT2D eigenvalue weighted by atomic mass is 9.97. The number of rotatable bonds is 4. The molecule has 0 radical (unpaired) electrons. The molecule has 7 nitrogen and oxygen atoms in total. The van der Waals surface area contributed by atoms with E-state index in [4.69, 9.17) is 0 Å². The lowest BCUT2D eigenvalue weighted by molar-refractivity contribution is 0.391. The summed E-state index contributed by atoms with van der Waals surface area (Å²) in [6, 6.07) is 5.00. The lowest BCUT2D eigenvalue weighted by Crippen LogP contribution is -2.37. The van der Waals surface area contributed by atoms with Crippen LogP contribution in [-0.4, -0.2) is 46.8 Å². The summed E-state index contributed by atoms with van der Waals surface area (Å²) in [7, 11) is 1.99. The Hall–Kier alpha value is -2.15. The summed E-state index contributed by atoms with van der Waals surface area (Å²) in [5, 5.41) is 10.4. The smallest absolute Gasteiger partial charge is 0.248 e. The Morgan fingerprint density at radius 2 is 2.19 bits per heavy atom. The summed E-state index contributed by atoms with van der Waals surface area (Å²) in [5.41, 5.74) is 0.518. The molecule has 0 unspecified atom stereocenters. The van der Waals surface area contributed by atoms with Crippen molar-refractivity contribution in [3.05, 3.63) is 28.6 Å². The molecule has 112 valence electrons. The first-order valence-electron chi connectivity index (χ1n) is 7.28. The Balaban J connectivity index is 1.70. The fourth-order valence-corrected chi connectivity index (χ4v) is 2.73. The molecule has 21 heavy (non-hydrogen) atoms. The number of nitrogens with one attached hydrogen (secondary N) is 3. The molecule has 2 aromatic heterocycles. The summed E-state index contributed by atoms with van der Waals surface area (Å²) in [6.07, 6.45) is 2.29. The highest BCUT2D eigenvalue weighted by Gasteiger charge is 2.21. The third kappa shape index (κ3) is 3.13. The highest BCUT2D eigenvalue weighted by Crippen LogP contribution is 2.21. The number of piperidine rings is 1. The molecular weight excluding hydrogens is 268 g/mol. The van der Waals surface area contributed by atoms with Crippen molar-refractivity contribution < 1.29 is 0 Å². The Morgan fingerprint density at radius 3 is 2.90 bits per heavy atom. The van der Waals surface area contributed by atoms with E-state index in [1.165, 1.54) is 6.07 Å². The largest absolute Gasteiger partial charge is 0.340 e. The fraction of sp³-hybridized carbons (Fsp3) is 0.500. The van der Waals surface area contributed by atoms with Gasteiger partial charge in [-0.2, -0.15) is 4.98 Å². The van der Waals surface area contributed by atoms with Crippen LogP contribution in [0.5, 0.6) is 0 Å². The van der Waals surface area contributed by atoms with E-state index < -0.39 is 0 Å². The van der Waals surface area contributed by atoms with Crippen LogP contribution in [-0.2, 0) is 0 Å². The summed E-state index contributed by atoms with van der Waals surface area (Å²) in [4.78, 5) is 20.8. The SMILES string of the molecule is CNCC1CCN(c2n[nH]c(-c3cccc(=O)[nH]3)n2)CC1. The van der Waals surface area contributed by atoms with Crippen molar-refractivity contribution in [3.8, 4) is 11.5 Å². The Labute approximate surface area is 122 Å². The predicted molar refractivity (Wildman–Crippen MR) is 81.3 cm³/mol. The van der Waals surface area contributed by atoms with Gasteiger partial charge in [0, 0.05) is 19.2 Å². The minimum atomic E-state index is -0.140. The molecule has 0 amide bonds. The number of anilines is 1. The molecule has 0 atom stereocenters. The van der Waals surface area contributed by atoms with Crippen molar-refractivity contribution in [3.63, 3.8) is 0 Å². The topological polar surface area (TPSA) is 89.7 Å². The number of aromatic amines is 2. The van der Waals surface area contributed by atoms with Crippen LogP contribution in [0.15, 0.2) is 23.0 Å². The van der Waals surface area contributed by atoms with Crippen LogP contribution >= 0.6 is 0 Å². The molecule has 0 bridgehead atoms. The zero-order chi connectivity index (χ0) is 14.7. The Bertz CT molecular complexity index is 641. The maximum atomic E-state index is 11.3. The molecule has 3 rings (SSSR count). The number of nitrogens with zero attached hydrogens (tertiary/aromatic N) is 3. The van der Waals surface area contributed by atoms with Gasteiger partial charge >= 0.3 is 0 Å². The standard InChI is InChI=1S/C14H20N6O/c1-15-9-10-5-7-20(8-6-10)14-17-13(18-19-14)11-3-2-4-12(21)16-11/h2-4,10,15H,5-9H2,1H3,(H,16,21)(H,17,18,19). The maximum Gasteiger partial charge on any atom is 0.248 e.